The quantitative estimate of drug-likeness (QED) is 0.798. The lowest BCUT2D eigenvalue weighted by Gasteiger charge is -2.26. The van der Waals surface area contributed by atoms with Crippen LogP contribution >= 0.6 is 0 Å². The number of nitrogens with zero attached hydrogens (tertiary/aromatic N) is 3. The molecule has 2 aromatic rings. The van der Waals surface area contributed by atoms with E-state index in [-0.39, 0.29) is 11.9 Å². The van der Waals surface area contributed by atoms with Crippen LogP contribution in [0.3, 0.4) is 0 Å². The number of anilines is 1. The lowest BCUT2D eigenvalue weighted by atomic mass is 10.2. The van der Waals surface area contributed by atoms with Gasteiger partial charge in [-0.25, -0.2) is 9.97 Å². The Morgan fingerprint density at radius 1 is 1.26 bits per heavy atom. The summed E-state index contributed by atoms with van der Waals surface area (Å²) in [6.07, 6.45) is 4.81. The van der Waals surface area contributed by atoms with Gasteiger partial charge >= 0.3 is 0 Å². The van der Waals surface area contributed by atoms with Gasteiger partial charge in [0.1, 0.15) is 11.5 Å². The second-order valence-electron chi connectivity index (χ2n) is 5.47. The predicted octanol–water partition coefficient (Wildman–Crippen LogP) is 3.13. The van der Waals surface area contributed by atoms with Crippen LogP contribution in [0.25, 0.3) is 0 Å². The Morgan fingerprint density at radius 3 is 2.57 bits per heavy atom. The molecule has 0 atom stereocenters. The lowest BCUT2D eigenvalue weighted by Crippen LogP contribution is -2.36. The van der Waals surface area contributed by atoms with Gasteiger partial charge in [-0.1, -0.05) is 36.4 Å². The summed E-state index contributed by atoms with van der Waals surface area (Å²) in [5.41, 5.74) is 1.44. The zero-order valence-corrected chi connectivity index (χ0v) is 13.6. The summed E-state index contributed by atoms with van der Waals surface area (Å²) in [7, 11) is 0. The van der Waals surface area contributed by atoms with Crippen molar-refractivity contribution in [1.29, 1.82) is 0 Å². The first-order chi connectivity index (χ1) is 11.1. The molecule has 0 bridgehead atoms. The largest absolute Gasteiger partial charge is 0.365 e. The van der Waals surface area contributed by atoms with Crippen LogP contribution in [0.4, 0.5) is 5.82 Å². The average molecular weight is 310 g/mol. The molecule has 0 aliphatic heterocycles. The number of hydrogen-bond donors (Lipinski definition) is 1. The van der Waals surface area contributed by atoms with Crippen molar-refractivity contribution in [3.8, 4) is 0 Å². The van der Waals surface area contributed by atoms with Gasteiger partial charge < -0.3 is 10.2 Å². The summed E-state index contributed by atoms with van der Waals surface area (Å²) in [5, 5.41) is 3.04. The fourth-order valence-corrected chi connectivity index (χ4v) is 2.12. The Balaban J connectivity index is 2.12. The molecule has 5 heteroatoms. The molecule has 120 valence electrons. The van der Waals surface area contributed by atoms with Crippen molar-refractivity contribution < 1.29 is 4.79 Å². The van der Waals surface area contributed by atoms with Crippen LogP contribution in [-0.2, 0) is 6.54 Å². The Hall–Kier alpha value is -2.69. The highest BCUT2D eigenvalue weighted by Crippen LogP contribution is 2.12. The summed E-state index contributed by atoms with van der Waals surface area (Å²) in [6.45, 7) is 8.78. The summed E-state index contributed by atoms with van der Waals surface area (Å²) in [4.78, 5) is 22.9. The molecule has 0 aliphatic rings. The third-order valence-corrected chi connectivity index (χ3v) is 3.38. The lowest BCUT2D eigenvalue weighted by molar-refractivity contribution is 0.0684. The van der Waals surface area contributed by atoms with Crippen LogP contribution in [0.5, 0.6) is 0 Å². The van der Waals surface area contributed by atoms with E-state index in [1.165, 1.54) is 6.20 Å². The Bertz CT molecular complexity index is 638. The summed E-state index contributed by atoms with van der Waals surface area (Å²) >= 11 is 0. The molecule has 0 saturated carbocycles. The Labute approximate surface area is 137 Å². The van der Waals surface area contributed by atoms with Crippen LogP contribution in [0.15, 0.2) is 55.4 Å². The maximum Gasteiger partial charge on any atom is 0.274 e. The van der Waals surface area contributed by atoms with E-state index in [4.69, 9.17) is 0 Å². The first-order valence-electron chi connectivity index (χ1n) is 7.63. The highest BCUT2D eigenvalue weighted by molar-refractivity contribution is 5.92. The summed E-state index contributed by atoms with van der Waals surface area (Å²) in [6, 6.07) is 10.00. The Kier molecular flexibility index (Phi) is 5.86. The van der Waals surface area contributed by atoms with Gasteiger partial charge in [0.05, 0.1) is 12.4 Å². The van der Waals surface area contributed by atoms with Gasteiger partial charge in [0.25, 0.3) is 5.91 Å². The fraction of sp³-hybridized carbons (Fsp3) is 0.278. The number of benzene rings is 1. The third kappa shape index (κ3) is 4.64. The minimum Gasteiger partial charge on any atom is -0.365 e. The third-order valence-electron chi connectivity index (χ3n) is 3.38. The number of aromatic nitrogens is 2. The van der Waals surface area contributed by atoms with E-state index in [9.17, 15) is 4.79 Å². The first kappa shape index (κ1) is 16.7. The van der Waals surface area contributed by atoms with Gasteiger partial charge in [-0.15, -0.1) is 6.58 Å². The van der Waals surface area contributed by atoms with Crippen molar-refractivity contribution in [2.24, 2.45) is 0 Å². The normalized spacial score (nSPS) is 10.4. The van der Waals surface area contributed by atoms with Crippen LogP contribution in [0.1, 0.15) is 29.9 Å². The SMILES string of the molecule is C=CCNc1cnc(C(=O)N(Cc2ccccc2)C(C)C)cn1. The van der Waals surface area contributed by atoms with E-state index < -0.39 is 0 Å². The van der Waals surface area contributed by atoms with Gasteiger partial charge in [-0.05, 0) is 19.4 Å². The molecule has 1 aromatic carbocycles. The standard InChI is InChI=1S/C18H22N4O/c1-4-10-19-17-12-20-16(11-21-17)18(23)22(14(2)3)13-15-8-6-5-7-9-15/h4-9,11-12,14H,1,10,13H2,2-3H3,(H,19,21). The van der Waals surface area contributed by atoms with E-state index in [0.717, 1.165) is 5.56 Å². The van der Waals surface area contributed by atoms with Crippen molar-refractivity contribution in [3.05, 3.63) is 66.6 Å². The van der Waals surface area contributed by atoms with Crippen LogP contribution < -0.4 is 5.32 Å². The van der Waals surface area contributed by atoms with Gasteiger partial charge in [0.15, 0.2) is 0 Å². The summed E-state index contributed by atoms with van der Waals surface area (Å²) < 4.78 is 0. The van der Waals surface area contributed by atoms with Gasteiger partial charge in [-0.3, -0.25) is 4.79 Å². The van der Waals surface area contributed by atoms with Crippen LogP contribution in [0, 0.1) is 0 Å². The van der Waals surface area contributed by atoms with Crippen LogP contribution in [0.2, 0.25) is 0 Å². The van der Waals surface area contributed by atoms with Crippen molar-refractivity contribution in [2.45, 2.75) is 26.4 Å². The van der Waals surface area contributed by atoms with Crippen molar-refractivity contribution in [2.75, 3.05) is 11.9 Å². The second kappa shape index (κ2) is 8.08. The molecule has 1 aromatic heterocycles. The maximum atomic E-state index is 12.7. The Morgan fingerprint density at radius 2 is 2.00 bits per heavy atom. The van der Waals surface area contributed by atoms with Crippen molar-refractivity contribution >= 4 is 11.7 Å². The maximum absolute atomic E-state index is 12.7. The number of nitrogens with one attached hydrogen (secondary N) is 1. The smallest absolute Gasteiger partial charge is 0.274 e. The van der Waals surface area contributed by atoms with E-state index in [1.54, 1.807) is 17.2 Å². The van der Waals surface area contributed by atoms with E-state index in [0.29, 0.717) is 24.6 Å². The number of amides is 1. The molecule has 1 N–H and O–H groups in total. The van der Waals surface area contributed by atoms with Crippen molar-refractivity contribution in [3.63, 3.8) is 0 Å². The highest BCUT2D eigenvalue weighted by Gasteiger charge is 2.20. The molecular formula is C18H22N4O. The van der Waals surface area contributed by atoms with Crippen molar-refractivity contribution in [1.82, 2.24) is 14.9 Å². The minimum absolute atomic E-state index is 0.0723. The molecule has 5 nitrogen and oxygen atoms in total. The topological polar surface area (TPSA) is 58.1 Å². The van der Waals surface area contributed by atoms with Crippen LogP contribution in [-0.4, -0.2) is 33.4 Å². The number of carbonyl (C=O) groups is 1. The monoisotopic (exact) mass is 310 g/mol. The highest BCUT2D eigenvalue weighted by atomic mass is 16.2. The number of carbonyl (C=O) groups excluding carboxylic acids is 1. The molecule has 0 fully saturated rings. The molecule has 1 amide bonds. The minimum atomic E-state index is -0.119. The molecule has 23 heavy (non-hydrogen) atoms. The van der Waals surface area contributed by atoms with E-state index in [1.807, 2.05) is 44.2 Å². The number of rotatable bonds is 7. The molecule has 0 aliphatic carbocycles. The molecule has 0 unspecified atom stereocenters. The molecule has 0 radical (unpaired) electrons. The van der Waals surface area contributed by atoms with Gasteiger partial charge in [-0.2, -0.15) is 0 Å². The molecular weight excluding hydrogens is 288 g/mol. The molecule has 0 saturated heterocycles. The average Bonchev–Trinajstić information content (AvgIpc) is 2.58. The predicted molar refractivity (Wildman–Crippen MR) is 92.2 cm³/mol. The van der Waals surface area contributed by atoms with E-state index >= 15 is 0 Å². The zero-order chi connectivity index (χ0) is 16.7. The first-order valence-corrected chi connectivity index (χ1v) is 7.63. The zero-order valence-electron chi connectivity index (χ0n) is 13.6. The molecule has 0 spiro atoms. The summed E-state index contributed by atoms with van der Waals surface area (Å²) in [5.74, 6) is 0.507. The van der Waals surface area contributed by atoms with Gasteiger partial charge in [0.2, 0.25) is 0 Å². The fourth-order valence-electron chi connectivity index (χ4n) is 2.12. The van der Waals surface area contributed by atoms with Gasteiger partial charge in [0, 0.05) is 19.1 Å². The second-order valence-corrected chi connectivity index (χ2v) is 5.47. The number of hydrogen-bond acceptors (Lipinski definition) is 4. The molecule has 2 rings (SSSR count). The molecule has 1 heterocycles. The van der Waals surface area contributed by atoms with E-state index in [2.05, 4.69) is 21.9 Å².